The lowest BCUT2D eigenvalue weighted by atomic mass is 10.1. The molecule has 0 amide bonds. The molecule has 6 heteroatoms. The van der Waals surface area contributed by atoms with E-state index in [1.807, 2.05) is 13.0 Å². The zero-order valence-electron chi connectivity index (χ0n) is 10.5. The average Bonchev–Trinajstić information content (AvgIpc) is 2.38. The van der Waals surface area contributed by atoms with Crippen LogP contribution < -0.4 is 5.32 Å². The molecule has 1 N–H and O–H groups in total. The van der Waals surface area contributed by atoms with Crippen molar-refractivity contribution in [3.05, 3.63) is 27.9 Å². The van der Waals surface area contributed by atoms with E-state index < -0.39 is 4.92 Å². The summed E-state index contributed by atoms with van der Waals surface area (Å²) in [7, 11) is 0. The zero-order valence-corrected chi connectivity index (χ0v) is 10.5. The molecule has 6 nitrogen and oxygen atoms in total. The number of nitrogens with one attached hydrogen (secondary N) is 1. The van der Waals surface area contributed by atoms with Crippen molar-refractivity contribution in [1.29, 1.82) is 5.26 Å². The molecule has 1 unspecified atom stereocenters. The van der Waals surface area contributed by atoms with Gasteiger partial charge in [-0.3, -0.25) is 10.1 Å². The van der Waals surface area contributed by atoms with Crippen LogP contribution in [-0.4, -0.2) is 15.9 Å². The molecule has 0 aliphatic rings. The monoisotopic (exact) mass is 248 g/mol. The van der Waals surface area contributed by atoms with Crippen molar-refractivity contribution in [3.8, 4) is 6.07 Å². The quantitative estimate of drug-likeness (QED) is 0.617. The van der Waals surface area contributed by atoms with Gasteiger partial charge in [0, 0.05) is 12.1 Å². The van der Waals surface area contributed by atoms with Crippen LogP contribution in [0.4, 0.5) is 11.5 Å². The first-order valence-electron chi connectivity index (χ1n) is 5.93. The van der Waals surface area contributed by atoms with Gasteiger partial charge >= 0.3 is 0 Å². The standard InChI is InChI=1S/C12H16N4O2/c1-3-5-10(4-2)15-12-9(7-13)6-11(8-14-12)16(17)18/h6,8,10H,3-5H2,1-2H3,(H,14,15). The first-order valence-corrected chi connectivity index (χ1v) is 5.93. The summed E-state index contributed by atoms with van der Waals surface area (Å²) in [6.45, 7) is 4.13. The minimum absolute atomic E-state index is 0.166. The largest absolute Gasteiger partial charge is 0.366 e. The van der Waals surface area contributed by atoms with Crippen LogP contribution in [0.1, 0.15) is 38.7 Å². The molecule has 0 aliphatic heterocycles. The smallest absolute Gasteiger partial charge is 0.289 e. The molecule has 0 saturated carbocycles. The lowest BCUT2D eigenvalue weighted by molar-refractivity contribution is -0.385. The Hall–Kier alpha value is -2.16. The molecule has 0 spiro atoms. The van der Waals surface area contributed by atoms with Crippen LogP contribution in [0.3, 0.4) is 0 Å². The van der Waals surface area contributed by atoms with E-state index in [0.717, 1.165) is 19.3 Å². The van der Waals surface area contributed by atoms with Gasteiger partial charge in [-0.05, 0) is 12.8 Å². The average molecular weight is 248 g/mol. The van der Waals surface area contributed by atoms with Crippen molar-refractivity contribution < 1.29 is 4.92 Å². The molecule has 1 aromatic heterocycles. The topological polar surface area (TPSA) is 91.8 Å². The Morgan fingerprint density at radius 1 is 1.61 bits per heavy atom. The van der Waals surface area contributed by atoms with Crippen LogP contribution in [0.2, 0.25) is 0 Å². The van der Waals surface area contributed by atoms with E-state index in [-0.39, 0.29) is 17.3 Å². The number of rotatable bonds is 6. The molecule has 0 aliphatic carbocycles. The summed E-state index contributed by atoms with van der Waals surface area (Å²) in [5.74, 6) is 0.420. The van der Waals surface area contributed by atoms with Crippen molar-refractivity contribution in [2.75, 3.05) is 5.32 Å². The number of pyridine rings is 1. The normalized spacial score (nSPS) is 11.6. The van der Waals surface area contributed by atoms with Crippen LogP contribution in [0.15, 0.2) is 12.3 Å². The summed E-state index contributed by atoms with van der Waals surface area (Å²) in [4.78, 5) is 14.0. The fourth-order valence-corrected chi connectivity index (χ4v) is 1.67. The SMILES string of the molecule is CCCC(CC)Nc1ncc([N+](=O)[O-])cc1C#N. The first-order chi connectivity index (χ1) is 8.62. The number of nitro groups is 1. The molecule has 0 saturated heterocycles. The molecule has 18 heavy (non-hydrogen) atoms. The number of aromatic nitrogens is 1. The van der Waals surface area contributed by atoms with E-state index in [9.17, 15) is 10.1 Å². The van der Waals surface area contributed by atoms with Gasteiger partial charge in [0.2, 0.25) is 0 Å². The van der Waals surface area contributed by atoms with Crippen molar-refractivity contribution in [2.45, 2.75) is 39.2 Å². The highest BCUT2D eigenvalue weighted by Crippen LogP contribution is 2.20. The molecule has 1 rings (SSSR count). The first kappa shape index (κ1) is 13.9. The van der Waals surface area contributed by atoms with Gasteiger partial charge in [-0.25, -0.2) is 4.98 Å². The van der Waals surface area contributed by atoms with Crippen molar-refractivity contribution in [2.24, 2.45) is 0 Å². The predicted octanol–water partition coefficient (Wildman–Crippen LogP) is 2.85. The highest BCUT2D eigenvalue weighted by Gasteiger charge is 2.14. The minimum Gasteiger partial charge on any atom is -0.366 e. The molecule has 1 atom stereocenters. The molecule has 0 bridgehead atoms. The Morgan fingerprint density at radius 3 is 2.83 bits per heavy atom. The zero-order chi connectivity index (χ0) is 13.5. The summed E-state index contributed by atoms with van der Waals surface area (Å²) in [5.41, 5.74) is 0.0411. The third-order valence-corrected chi connectivity index (χ3v) is 2.68. The predicted molar refractivity (Wildman–Crippen MR) is 68.2 cm³/mol. The van der Waals surface area contributed by atoms with Gasteiger partial charge in [0.15, 0.2) is 0 Å². The second-order valence-electron chi connectivity index (χ2n) is 4.00. The van der Waals surface area contributed by atoms with E-state index in [1.165, 1.54) is 12.3 Å². The van der Waals surface area contributed by atoms with Gasteiger partial charge in [-0.1, -0.05) is 20.3 Å². The summed E-state index contributed by atoms with van der Waals surface area (Å²) in [6, 6.07) is 3.41. The Morgan fingerprint density at radius 2 is 2.33 bits per heavy atom. The fraction of sp³-hybridized carbons (Fsp3) is 0.500. The van der Waals surface area contributed by atoms with Crippen molar-refractivity contribution in [1.82, 2.24) is 4.98 Å². The molecular formula is C12H16N4O2. The number of nitrogens with zero attached hydrogens (tertiary/aromatic N) is 3. The third-order valence-electron chi connectivity index (χ3n) is 2.68. The second-order valence-corrected chi connectivity index (χ2v) is 4.00. The Balaban J connectivity index is 2.96. The summed E-state index contributed by atoms with van der Waals surface area (Å²) in [6.07, 6.45) is 4.08. The molecule has 0 aromatic carbocycles. The molecule has 96 valence electrons. The van der Waals surface area contributed by atoms with E-state index in [1.54, 1.807) is 0 Å². The van der Waals surface area contributed by atoms with Gasteiger partial charge in [-0.15, -0.1) is 0 Å². The van der Waals surface area contributed by atoms with Gasteiger partial charge in [0.25, 0.3) is 5.69 Å². The molecule has 0 radical (unpaired) electrons. The van der Waals surface area contributed by atoms with E-state index in [2.05, 4.69) is 17.2 Å². The number of hydrogen-bond donors (Lipinski definition) is 1. The van der Waals surface area contributed by atoms with Gasteiger partial charge < -0.3 is 5.32 Å². The summed E-state index contributed by atoms with van der Waals surface area (Å²) in [5, 5.41) is 22.7. The van der Waals surface area contributed by atoms with E-state index in [0.29, 0.717) is 5.82 Å². The lowest BCUT2D eigenvalue weighted by Crippen LogP contribution is -2.19. The minimum atomic E-state index is -0.555. The van der Waals surface area contributed by atoms with Gasteiger partial charge in [-0.2, -0.15) is 5.26 Å². The fourth-order valence-electron chi connectivity index (χ4n) is 1.67. The second kappa shape index (κ2) is 6.55. The molecule has 1 heterocycles. The van der Waals surface area contributed by atoms with Crippen molar-refractivity contribution in [3.63, 3.8) is 0 Å². The van der Waals surface area contributed by atoms with Gasteiger partial charge in [0.1, 0.15) is 23.6 Å². The lowest BCUT2D eigenvalue weighted by Gasteiger charge is -2.17. The maximum Gasteiger partial charge on any atom is 0.289 e. The van der Waals surface area contributed by atoms with Crippen LogP contribution in [-0.2, 0) is 0 Å². The molecule has 0 fully saturated rings. The van der Waals surface area contributed by atoms with E-state index >= 15 is 0 Å². The van der Waals surface area contributed by atoms with Crippen LogP contribution in [0.25, 0.3) is 0 Å². The van der Waals surface area contributed by atoms with Crippen LogP contribution >= 0.6 is 0 Å². The van der Waals surface area contributed by atoms with Crippen LogP contribution in [0, 0.1) is 21.4 Å². The Bertz CT molecular complexity index is 468. The summed E-state index contributed by atoms with van der Waals surface area (Å²) < 4.78 is 0. The maximum atomic E-state index is 10.6. The molecule has 1 aromatic rings. The highest BCUT2D eigenvalue weighted by molar-refractivity contribution is 5.55. The van der Waals surface area contributed by atoms with Gasteiger partial charge in [0.05, 0.1) is 4.92 Å². The van der Waals surface area contributed by atoms with Crippen LogP contribution in [0.5, 0.6) is 0 Å². The number of nitriles is 1. The number of anilines is 1. The molecular weight excluding hydrogens is 232 g/mol. The number of hydrogen-bond acceptors (Lipinski definition) is 5. The third kappa shape index (κ3) is 3.42. The Labute approximate surface area is 106 Å². The van der Waals surface area contributed by atoms with Crippen molar-refractivity contribution >= 4 is 11.5 Å². The highest BCUT2D eigenvalue weighted by atomic mass is 16.6. The summed E-state index contributed by atoms with van der Waals surface area (Å²) >= 11 is 0. The maximum absolute atomic E-state index is 10.6. The Kier molecular flexibility index (Phi) is 5.06. The van der Waals surface area contributed by atoms with E-state index in [4.69, 9.17) is 5.26 Å².